The van der Waals surface area contributed by atoms with E-state index in [2.05, 4.69) is 10.2 Å². The van der Waals surface area contributed by atoms with Gasteiger partial charge >= 0.3 is 11.8 Å². The van der Waals surface area contributed by atoms with Gasteiger partial charge in [0.15, 0.2) is 0 Å². The number of H-pyrrole nitrogens is 1. The van der Waals surface area contributed by atoms with E-state index in [9.17, 15) is 23.3 Å². The third kappa shape index (κ3) is 1.45. The molecule has 19 heavy (non-hydrogen) atoms. The van der Waals surface area contributed by atoms with Crippen molar-refractivity contribution in [3.8, 4) is 0 Å². The zero-order valence-corrected chi connectivity index (χ0v) is 9.53. The van der Waals surface area contributed by atoms with E-state index >= 15 is 0 Å². The molecule has 2 N–H and O–H groups in total. The molecule has 1 aliphatic rings. The minimum absolute atomic E-state index is 0.0230. The second-order valence-corrected chi connectivity index (χ2v) is 4.64. The summed E-state index contributed by atoms with van der Waals surface area (Å²) in [6, 6.07) is 1.18. The van der Waals surface area contributed by atoms with Crippen LogP contribution >= 0.6 is 0 Å². The number of fused-ring (bicyclic) bond motifs is 1. The molecule has 2 aromatic heterocycles. The standard InChI is InChI=1S/C11H8F3N3O2/c12-11(13,14)10(2-3-10)6-5-15-9-8(6)7(16-18)1-4-17(9)19/h1,4-5,19H,2-3H2/p+1. The van der Waals surface area contributed by atoms with Crippen LogP contribution in [0.25, 0.3) is 11.0 Å². The number of aromatic amines is 1. The molecule has 2 heterocycles. The Morgan fingerprint density at radius 2 is 2.11 bits per heavy atom. The average molecular weight is 272 g/mol. The van der Waals surface area contributed by atoms with Gasteiger partial charge < -0.3 is 5.21 Å². The number of nitrogens with one attached hydrogen (secondary N) is 1. The molecule has 8 heteroatoms. The number of hydrogen-bond acceptors (Lipinski definition) is 3. The Hall–Kier alpha value is -2.12. The summed E-state index contributed by atoms with van der Waals surface area (Å²) in [5.41, 5.74) is -2.05. The number of aromatic nitrogens is 2. The first-order chi connectivity index (χ1) is 8.90. The van der Waals surface area contributed by atoms with Crippen molar-refractivity contribution in [1.29, 1.82) is 0 Å². The lowest BCUT2D eigenvalue weighted by Crippen LogP contribution is -2.31. The number of hydrogen-bond donors (Lipinski definition) is 2. The van der Waals surface area contributed by atoms with Gasteiger partial charge in [0.2, 0.25) is 0 Å². The Balaban J connectivity index is 2.32. The molecule has 0 saturated heterocycles. The molecular formula is C11H9F3N3O2+. The van der Waals surface area contributed by atoms with Crippen molar-refractivity contribution >= 4 is 16.7 Å². The minimum atomic E-state index is -4.39. The Morgan fingerprint density at radius 3 is 2.63 bits per heavy atom. The van der Waals surface area contributed by atoms with Gasteiger partial charge in [-0.25, -0.2) is 4.98 Å². The van der Waals surface area contributed by atoms with Gasteiger partial charge in [-0.3, -0.25) is 0 Å². The van der Waals surface area contributed by atoms with Crippen molar-refractivity contribution in [2.75, 3.05) is 0 Å². The Bertz CT molecular complexity index is 674. The fourth-order valence-electron chi connectivity index (χ4n) is 2.44. The fraction of sp³-hybridized carbons (Fsp3) is 0.364. The number of nitroso groups, excluding NO2 is 1. The van der Waals surface area contributed by atoms with Crippen molar-refractivity contribution in [2.45, 2.75) is 24.4 Å². The number of alkyl halides is 3. The topological polar surface area (TPSA) is 69.3 Å². The van der Waals surface area contributed by atoms with E-state index in [1.807, 2.05) is 0 Å². The second kappa shape index (κ2) is 3.46. The molecule has 1 aliphatic carbocycles. The number of rotatable bonds is 2. The highest BCUT2D eigenvalue weighted by atomic mass is 19.4. The molecule has 2 aromatic rings. The first-order valence-corrected chi connectivity index (χ1v) is 5.56. The summed E-state index contributed by atoms with van der Waals surface area (Å²) in [5, 5.41) is 12.3. The zero-order valence-electron chi connectivity index (χ0n) is 9.53. The van der Waals surface area contributed by atoms with Crippen LogP contribution < -0.4 is 4.73 Å². The molecule has 3 rings (SSSR count). The lowest BCUT2D eigenvalue weighted by atomic mass is 9.95. The number of halogens is 3. The number of nitrogens with zero attached hydrogens (tertiary/aromatic N) is 2. The summed E-state index contributed by atoms with van der Waals surface area (Å²) in [4.78, 5) is 13.3. The molecule has 0 aromatic carbocycles. The molecular weight excluding hydrogens is 263 g/mol. The molecule has 0 aliphatic heterocycles. The van der Waals surface area contributed by atoms with Crippen LogP contribution in [0.1, 0.15) is 18.4 Å². The first-order valence-electron chi connectivity index (χ1n) is 5.56. The van der Waals surface area contributed by atoms with E-state index in [0.717, 1.165) is 6.20 Å². The molecule has 5 nitrogen and oxygen atoms in total. The van der Waals surface area contributed by atoms with Gasteiger partial charge in [-0.1, -0.05) is 4.73 Å². The highest BCUT2D eigenvalue weighted by Crippen LogP contribution is 2.60. The normalized spacial score (nSPS) is 17.6. The first kappa shape index (κ1) is 11.9. The van der Waals surface area contributed by atoms with Crippen molar-refractivity contribution in [3.63, 3.8) is 0 Å². The third-order valence-corrected chi connectivity index (χ3v) is 3.62. The molecule has 0 amide bonds. The van der Waals surface area contributed by atoms with E-state index < -0.39 is 11.6 Å². The van der Waals surface area contributed by atoms with E-state index in [1.54, 1.807) is 0 Å². The van der Waals surface area contributed by atoms with Gasteiger partial charge in [0.25, 0.3) is 0 Å². The molecule has 100 valence electrons. The van der Waals surface area contributed by atoms with Gasteiger partial charge in [0.05, 0.1) is 11.6 Å². The van der Waals surface area contributed by atoms with Crippen LogP contribution in [-0.4, -0.2) is 16.4 Å². The summed E-state index contributed by atoms with van der Waals surface area (Å²) in [6.07, 6.45) is -2.11. The monoisotopic (exact) mass is 272 g/mol. The fourth-order valence-corrected chi connectivity index (χ4v) is 2.44. The maximum Gasteiger partial charge on any atom is 0.398 e. The third-order valence-electron chi connectivity index (χ3n) is 3.62. The van der Waals surface area contributed by atoms with Crippen molar-refractivity contribution in [2.24, 2.45) is 5.18 Å². The highest BCUT2D eigenvalue weighted by molar-refractivity contribution is 5.90. The lowest BCUT2D eigenvalue weighted by Gasteiger charge is -2.17. The van der Waals surface area contributed by atoms with Crippen LogP contribution in [0.4, 0.5) is 18.9 Å². The van der Waals surface area contributed by atoms with Crippen LogP contribution in [0.3, 0.4) is 0 Å². The van der Waals surface area contributed by atoms with Gasteiger partial charge in [-0.2, -0.15) is 13.2 Å². The Labute approximate surface area is 104 Å². The van der Waals surface area contributed by atoms with Gasteiger partial charge in [0, 0.05) is 11.6 Å². The van der Waals surface area contributed by atoms with E-state index in [4.69, 9.17) is 0 Å². The molecule has 0 spiro atoms. The highest BCUT2D eigenvalue weighted by Gasteiger charge is 2.65. The minimum Gasteiger partial charge on any atom is -0.350 e. The lowest BCUT2D eigenvalue weighted by molar-refractivity contribution is -0.885. The summed E-state index contributed by atoms with van der Waals surface area (Å²) in [5.74, 6) is 0. The van der Waals surface area contributed by atoms with Crippen molar-refractivity contribution < 1.29 is 23.1 Å². The summed E-state index contributed by atoms with van der Waals surface area (Å²) < 4.78 is 40.0. The molecule has 0 unspecified atom stereocenters. The predicted octanol–water partition coefficient (Wildman–Crippen LogP) is 2.68. The van der Waals surface area contributed by atoms with Crippen LogP contribution in [-0.2, 0) is 5.41 Å². The second-order valence-electron chi connectivity index (χ2n) is 4.64. The van der Waals surface area contributed by atoms with Crippen molar-refractivity contribution in [1.82, 2.24) is 4.98 Å². The van der Waals surface area contributed by atoms with Gasteiger partial charge in [-0.05, 0) is 18.0 Å². The van der Waals surface area contributed by atoms with Gasteiger partial charge in [0.1, 0.15) is 17.3 Å². The molecule has 1 fully saturated rings. The van der Waals surface area contributed by atoms with Crippen LogP contribution in [0.5, 0.6) is 0 Å². The average Bonchev–Trinajstić information content (AvgIpc) is 3.04. The maximum absolute atomic E-state index is 13.1. The van der Waals surface area contributed by atoms with E-state index in [1.165, 1.54) is 12.3 Å². The van der Waals surface area contributed by atoms with Crippen LogP contribution in [0, 0.1) is 4.91 Å². The Kier molecular flexibility index (Phi) is 2.17. The van der Waals surface area contributed by atoms with E-state index in [0.29, 0.717) is 4.73 Å². The largest absolute Gasteiger partial charge is 0.398 e. The summed E-state index contributed by atoms with van der Waals surface area (Å²) in [6.45, 7) is 0. The smallest absolute Gasteiger partial charge is 0.350 e. The molecule has 0 radical (unpaired) electrons. The Morgan fingerprint density at radius 1 is 1.42 bits per heavy atom. The zero-order chi connectivity index (χ0) is 13.8. The summed E-state index contributed by atoms with van der Waals surface area (Å²) >= 11 is 0. The van der Waals surface area contributed by atoms with E-state index in [-0.39, 0.29) is 35.1 Å². The van der Waals surface area contributed by atoms with Gasteiger partial charge in [-0.15, -0.1) is 4.91 Å². The van der Waals surface area contributed by atoms with Crippen LogP contribution in [0.15, 0.2) is 23.6 Å². The number of pyridine rings is 1. The molecule has 0 atom stereocenters. The molecule has 0 bridgehead atoms. The predicted molar refractivity (Wildman–Crippen MR) is 58.1 cm³/mol. The SMILES string of the molecule is O=Nc1cc[n+](O)c2[nH]cc(C3(C(F)(F)F)CC3)c12. The maximum atomic E-state index is 13.1. The quantitative estimate of drug-likeness (QED) is 0.501. The molecule has 1 saturated carbocycles. The van der Waals surface area contributed by atoms with Crippen molar-refractivity contribution in [3.05, 3.63) is 28.9 Å². The van der Waals surface area contributed by atoms with Crippen LogP contribution in [0.2, 0.25) is 0 Å². The summed E-state index contributed by atoms with van der Waals surface area (Å²) in [7, 11) is 0.